The molecule has 1 aromatic rings. The van der Waals surface area contributed by atoms with E-state index >= 15 is 0 Å². The minimum atomic E-state index is 0.525. The Kier molecular flexibility index (Phi) is 4.69. The number of aromatic nitrogens is 1. The van der Waals surface area contributed by atoms with Crippen LogP contribution >= 0.6 is 0 Å². The van der Waals surface area contributed by atoms with Gasteiger partial charge in [0.05, 0.1) is 18.8 Å². The van der Waals surface area contributed by atoms with E-state index in [0.717, 1.165) is 45.2 Å². The van der Waals surface area contributed by atoms with E-state index in [1.807, 2.05) is 12.1 Å². The molecule has 1 aromatic heterocycles. The Balaban J connectivity index is 1.69. The highest BCUT2D eigenvalue weighted by atomic mass is 16.5. The highest BCUT2D eigenvalue weighted by Crippen LogP contribution is 2.24. The maximum atomic E-state index is 8.89. The number of piperidine rings is 1. The molecule has 3 rings (SSSR count). The molecular weight excluding hydrogens is 264 g/mol. The summed E-state index contributed by atoms with van der Waals surface area (Å²) in [6.07, 6.45) is 5.41. The van der Waals surface area contributed by atoms with Crippen LogP contribution in [0.3, 0.4) is 0 Å². The minimum absolute atomic E-state index is 0.525. The van der Waals surface area contributed by atoms with E-state index in [-0.39, 0.29) is 0 Å². The normalized spacial score (nSPS) is 23.8. The molecule has 0 aliphatic carbocycles. The fourth-order valence-corrected chi connectivity index (χ4v) is 3.20. The predicted molar refractivity (Wildman–Crippen MR) is 81.2 cm³/mol. The molecule has 0 radical (unpaired) electrons. The molecular formula is C16H22N4O. The third-order valence-corrected chi connectivity index (χ3v) is 4.37. The Hall–Kier alpha value is -1.64. The molecule has 0 bridgehead atoms. The Morgan fingerprint density at radius 2 is 2.10 bits per heavy atom. The third kappa shape index (κ3) is 3.52. The van der Waals surface area contributed by atoms with E-state index in [2.05, 4.69) is 20.9 Å². The van der Waals surface area contributed by atoms with Gasteiger partial charge in [0.1, 0.15) is 11.9 Å². The van der Waals surface area contributed by atoms with Crippen molar-refractivity contribution in [3.63, 3.8) is 0 Å². The van der Waals surface area contributed by atoms with Crippen LogP contribution in [0.1, 0.15) is 24.8 Å². The van der Waals surface area contributed by atoms with Gasteiger partial charge in [0.2, 0.25) is 0 Å². The van der Waals surface area contributed by atoms with Crippen molar-refractivity contribution in [1.29, 1.82) is 5.26 Å². The monoisotopic (exact) mass is 286 g/mol. The molecule has 2 aliphatic heterocycles. The first kappa shape index (κ1) is 14.3. The van der Waals surface area contributed by atoms with Crippen LogP contribution in [0, 0.1) is 11.3 Å². The van der Waals surface area contributed by atoms with Crippen LogP contribution < -0.4 is 4.90 Å². The number of pyridine rings is 1. The van der Waals surface area contributed by atoms with Crippen molar-refractivity contribution in [3.8, 4) is 6.07 Å². The van der Waals surface area contributed by atoms with Gasteiger partial charge in [0, 0.05) is 38.4 Å². The van der Waals surface area contributed by atoms with Crippen molar-refractivity contribution in [1.82, 2.24) is 9.88 Å². The molecule has 0 amide bonds. The highest BCUT2D eigenvalue weighted by molar-refractivity contribution is 5.43. The molecule has 5 nitrogen and oxygen atoms in total. The number of nitrogens with zero attached hydrogens (tertiary/aromatic N) is 4. The Morgan fingerprint density at radius 3 is 2.81 bits per heavy atom. The molecule has 0 saturated carbocycles. The van der Waals surface area contributed by atoms with Crippen molar-refractivity contribution in [2.75, 3.05) is 44.3 Å². The summed E-state index contributed by atoms with van der Waals surface area (Å²) in [6, 6.07) is 6.50. The summed E-state index contributed by atoms with van der Waals surface area (Å²) < 4.78 is 5.43. The number of hydrogen-bond acceptors (Lipinski definition) is 5. The summed E-state index contributed by atoms with van der Waals surface area (Å²) in [7, 11) is 0. The summed E-state index contributed by atoms with van der Waals surface area (Å²) >= 11 is 0. The number of hydrogen-bond donors (Lipinski definition) is 0. The quantitative estimate of drug-likeness (QED) is 0.845. The molecule has 21 heavy (non-hydrogen) atoms. The summed E-state index contributed by atoms with van der Waals surface area (Å²) in [4.78, 5) is 9.39. The van der Waals surface area contributed by atoms with E-state index in [1.165, 1.54) is 19.3 Å². The first-order chi connectivity index (χ1) is 10.4. The van der Waals surface area contributed by atoms with E-state index in [4.69, 9.17) is 10.00 Å². The topological polar surface area (TPSA) is 52.4 Å². The number of nitriles is 1. The van der Waals surface area contributed by atoms with Gasteiger partial charge in [-0.05, 0) is 31.4 Å². The van der Waals surface area contributed by atoms with Crippen LogP contribution in [0.5, 0.6) is 0 Å². The zero-order valence-electron chi connectivity index (χ0n) is 12.4. The van der Waals surface area contributed by atoms with E-state index in [9.17, 15) is 0 Å². The molecule has 2 aliphatic rings. The van der Waals surface area contributed by atoms with Gasteiger partial charge >= 0.3 is 0 Å². The Bertz CT molecular complexity index is 490. The first-order valence-corrected chi connectivity index (χ1v) is 7.80. The highest BCUT2D eigenvalue weighted by Gasteiger charge is 2.26. The van der Waals surface area contributed by atoms with Gasteiger partial charge < -0.3 is 9.64 Å². The second kappa shape index (κ2) is 6.88. The van der Waals surface area contributed by atoms with Crippen molar-refractivity contribution in [3.05, 3.63) is 23.9 Å². The smallest absolute Gasteiger partial charge is 0.128 e. The van der Waals surface area contributed by atoms with Crippen molar-refractivity contribution >= 4 is 5.82 Å². The Labute approximate surface area is 126 Å². The van der Waals surface area contributed by atoms with Crippen LogP contribution in [-0.2, 0) is 4.74 Å². The number of morpholine rings is 1. The second-order valence-corrected chi connectivity index (χ2v) is 5.77. The molecule has 3 heterocycles. The second-order valence-electron chi connectivity index (χ2n) is 5.77. The van der Waals surface area contributed by atoms with E-state index < -0.39 is 0 Å². The van der Waals surface area contributed by atoms with Gasteiger partial charge in [-0.2, -0.15) is 5.26 Å². The summed E-state index contributed by atoms with van der Waals surface area (Å²) in [5.74, 6) is 1.01. The molecule has 2 fully saturated rings. The van der Waals surface area contributed by atoms with Crippen molar-refractivity contribution in [2.24, 2.45) is 0 Å². The van der Waals surface area contributed by atoms with Gasteiger partial charge in [-0.15, -0.1) is 0 Å². The maximum absolute atomic E-state index is 8.89. The van der Waals surface area contributed by atoms with Crippen molar-refractivity contribution < 1.29 is 4.74 Å². The summed E-state index contributed by atoms with van der Waals surface area (Å²) in [6.45, 7) is 5.92. The zero-order chi connectivity index (χ0) is 14.5. The van der Waals surface area contributed by atoms with E-state index in [1.54, 1.807) is 6.20 Å². The van der Waals surface area contributed by atoms with Gasteiger partial charge in [-0.3, -0.25) is 4.90 Å². The fraction of sp³-hybridized carbons (Fsp3) is 0.625. The van der Waals surface area contributed by atoms with Crippen LogP contribution in [0.2, 0.25) is 0 Å². The summed E-state index contributed by atoms with van der Waals surface area (Å²) in [5, 5.41) is 8.89. The zero-order valence-corrected chi connectivity index (χ0v) is 12.4. The van der Waals surface area contributed by atoms with E-state index in [0.29, 0.717) is 11.6 Å². The number of ether oxygens (including phenoxy) is 1. The van der Waals surface area contributed by atoms with Gasteiger partial charge in [0.15, 0.2) is 0 Å². The standard InChI is InChI=1S/C16H22N4O/c17-11-14-4-5-16(18-12-14)20-6-2-1-3-15(20)13-19-7-9-21-10-8-19/h4-5,12,15H,1-3,6-10,13H2/t15-/m1/s1. The lowest BCUT2D eigenvalue weighted by atomic mass is 10.0. The van der Waals surface area contributed by atoms with Gasteiger partial charge in [-0.1, -0.05) is 0 Å². The molecule has 0 spiro atoms. The van der Waals surface area contributed by atoms with Crippen LogP contribution in [-0.4, -0.2) is 55.3 Å². The number of rotatable bonds is 3. The molecule has 0 aromatic carbocycles. The SMILES string of the molecule is N#Cc1ccc(N2CCCC[C@@H]2CN2CCOCC2)nc1. The number of anilines is 1. The van der Waals surface area contributed by atoms with Crippen LogP contribution in [0.25, 0.3) is 0 Å². The molecule has 112 valence electrons. The predicted octanol–water partition coefficient (Wildman–Crippen LogP) is 1.64. The maximum Gasteiger partial charge on any atom is 0.128 e. The molecule has 2 saturated heterocycles. The largest absolute Gasteiger partial charge is 0.379 e. The molecule has 1 atom stereocenters. The fourth-order valence-electron chi connectivity index (χ4n) is 3.20. The molecule has 5 heteroatoms. The first-order valence-electron chi connectivity index (χ1n) is 7.80. The lowest BCUT2D eigenvalue weighted by Gasteiger charge is -2.40. The van der Waals surface area contributed by atoms with Gasteiger partial charge in [0.25, 0.3) is 0 Å². The third-order valence-electron chi connectivity index (χ3n) is 4.37. The van der Waals surface area contributed by atoms with Gasteiger partial charge in [-0.25, -0.2) is 4.98 Å². The average molecular weight is 286 g/mol. The lowest BCUT2D eigenvalue weighted by Crippen LogP contribution is -2.49. The van der Waals surface area contributed by atoms with Crippen LogP contribution in [0.15, 0.2) is 18.3 Å². The van der Waals surface area contributed by atoms with Crippen LogP contribution in [0.4, 0.5) is 5.82 Å². The average Bonchev–Trinajstić information content (AvgIpc) is 2.56. The summed E-state index contributed by atoms with van der Waals surface area (Å²) in [5.41, 5.74) is 0.625. The minimum Gasteiger partial charge on any atom is -0.379 e. The van der Waals surface area contributed by atoms with Crippen molar-refractivity contribution in [2.45, 2.75) is 25.3 Å². The Morgan fingerprint density at radius 1 is 1.24 bits per heavy atom. The molecule has 0 unspecified atom stereocenters. The molecule has 0 N–H and O–H groups in total. The lowest BCUT2D eigenvalue weighted by molar-refractivity contribution is 0.0338.